The second-order valence-corrected chi connectivity index (χ2v) is 35.1. The lowest BCUT2D eigenvalue weighted by Crippen LogP contribution is -2.62. The maximum absolute atomic E-state index is 15.5. The highest BCUT2D eigenvalue weighted by Gasteiger charge is 2.40. The number of primary amides is 3. The van der Waals surface area contributed by atoms with Gasteiger partial charge in [-0.3, -0.25) is 91.7 Å². The molecule has 0 aliphatic heterocycles. The summed E-state index contributed by atoms with van der Waals surface area (Å²) in [6.45, 7) is 11.0. The van der Waals surface area contributed by atoms with E-state index in [0.717, 1.165) is 0 Å². The van der Waals surface area contributed by atoms with Gasteiger partial charge >= 0.3 is 0 Å². The van der Waals surface area contributed by atoms with Crippen molar-refractivity contribution in [2.75, 3.05) is 19.7 Å². The number of hydrogen-bond acceptors (Lipinski definition) is 23. The number of benzene rings is 5. The Morgan fingerprint density at radius 2 is 0.730 bits per heavy atom. The summed E-state index contributed by atoms with van der Waals surface area (Å²) < 4.78 is 0. The summed E-state index contributed by atoms with van der Waals surface area (Å²) in [7, 11) is 0. The standard InChI is InChI=1S/C96H132N24O21/c1-9-51(4)80(120-93(139)75(45-60-48-105-66-25-16-14-23-64(60)66)118-90(136)71(41-56-20-11-10-12-21-56)116-89(135)73(43-58-30-34-62(124)35-31-58)115-86(132)69(36-37-78(98)125)111-84(130)67(109-55(8)122)27-19-39-103-96(101)102)95(141)108-54(7)83(129)112-74(44-59-47-104-65-24-15-13-22-63(59)65)91(137)117-72(42-57-28-32-61(123)33-29-57)88(134)110-68(26-17-18-38-97)85(131)114-70(40-50(2)3)87(133)107-53(6)82(128)113-76(46-79(99)126)92(138)119-77(49-121)94(140)106-52(5)81(100)127/h10-16,20-25,28-35,47-48,50-54,67-77,80,104-105,121,123-124H,9,17-19,26-27,36-46,49,97H2,1-8H3,(H2,98,125)(H2,99,126)(H2,100,127)(H,106,140)(H,107,133)(H,108,141)(H,109,122)(H,110,134)(H,111,130)(H,112,129)(H,113,128)(H,114,131)(H,115,132)(H,116,135)(H,117,137)(H,118,136)(H,119,138)(H,120,139)(H4,101,102,103)/t51-,52-,53-,54-,67-,68-,69-,70-,71-,72-,73-,74-,75-,76-,77-,80-/m0/s1. The Morgan fingerprint density at radius 3 is 1.16 bits per heavy atom. The fourth-order valence-corrected chi connectivity index (χ4v) is 15.2. The number of carbonyl (C=O) groups excluding carboxylic acids is 18. The van der Waals surface area contributed by atoms with Gasteiger partial charge in [-0.05, 0) is 148 Å². The van der Waals surface area contributed by atoms with Crippen LogP contribution in [-0.4, -0.2) is 248 Å². The third kappa shape index (κ3) is 36.7. The van der Waals surface area contributed by atoms with Crippen molar-refractivity contribution in [2.45, 2.75) is 242 Å². The van der Waals surface area contributed by atoms with Crippen LogP contribution in [0.2, 0.25) is 0 Å². The Kier molecular flexibility index (Phi) is 44.4. The van der Waals surface area contributed by atoms with Gasteiger partial charge in [0.25, 0.3) is 0 Å². The zero-order chi connectivity index (χ0) is 104. The first-order valence-electron chi connectivity index (χ1n) is 46.4. The lowest BCUT2D eigenvalue weighted by atomic mass is 9.96. The van der Waals surface area contributed by atoms with E-state index in [4.69, 9.17) is 34.1 Å². The fourth-order valence-electron chi connectivity index (χ4n) is 15.2. The Hall–Kier alpha value is -15.6. The molecule has 141 heavy (non-hydrogen) atoms. The number of aromatic hydroxyl groups is 2. The first kappa shape index (κ1) is 112. The molecule has 45 heteroatoms. The second kappa shape index (κ2) is 55.7. The lowest BCUT2D eigenvalue weighted by Gasteiger charge is -2.29. The van der Waals surface area contributed by atoms with E-state index in [1.54, 1.807) is 119 Å². The first-order valence-corrected chi connectivity index (χ1v) is 46.4. The normalized spacial score (nSPS) is 14.6. The monoisotopic (exact) mass is 1960 g/mol. The van der Waals surface area contributed by atoms with Crippen molar-refractivity contribution in [1.29, 1.82) is 5.41 Å². The molecule has 5 aromatic carbocycles. The van der Waals surface area contributed by atoms with Crippen molar-refractivity contribution in [3.8, 4) is 11.5 Å². The number of carbonyl (C=O) groups is 18. The topological polar surface area (TPSA) is 746 Å². The van der Waals surface area contributed by atoms with Gasteiger partial charge in [0, 0.05) is 86.2 Å². The second-order valence-electron chi connectivity index (χ2n) is 35.1. The van der Waals surface area contributed by atoms with E-state index >= 15 is 33.6 Å². The summed E-state index contributed by atoms with van der Waals surface area (Å²) in [6, 6.07) is 10.7. The van der Waals surface area contributed by atoms with Gasteiger partial charge in [-0.1, -0.05) is 125 Å². The number of para-hydroxylation sites is 2. The van der Waals surface area contributed by atoms with E-state index in [1.165, 1.54) is 76.2 Å². The molecule has 16 atom stereocenters. The summed E-state index contributed by atoms with van der Waals surface area (Å²) in [5.74, 6) is -18.9. The molecule has 0 aliphatic carbocycles. The number of fused-ring (bicyclic) bond motifs is 2. The molecule has 0 saturated carbocycles. The van der Waals surface area contributed by atoms with Gasteiger partial charge in [-0.25, -0.2) is 0 Å². The number of amides is 18. The number of aromatic nitrogens is 2. The molecule has 2 heterocycles. The molecule has 0 aliphatic rings. The molecule has 762 valence electrons. The summed E-state index contributed by atoms with van der Waals surface area (Å²) in [5.41, 5.74) is 31.1. The number of phenols is 2. The molecule has 2 aromatic heterocycles. The van der Waals surface area contributed by atoms with Crippen LogP contribution < -0.4 is 114 Å². The van der Waals surface area contributed by atoms with Gasteiger partial charge < -0.3 is 139 Å². The molecular formula is C96H132N24O21. The molecule has 32 N–H and O–H groups in total. The van der Waals surface area contributed by atoms with Crippen molar-refractivity contribution < 1.29 is 102 Å². The van der Waals surface area contributed by atoms with Gasteiger partial charge in [-0.2, -0.15) is 0 Å². The number of nitrogens with two attached hydrogens (primary N) is 5. The molecule has 18 amide bonds. The minimum absolute atomic E-state index is 0.0108. The number of nitrogens with one attached hydrogen (secondary N) is 19. The predicted molar refractivity (Wildman–Crippen MR) is 519 cm³/mol. The van der Waals surface area contributed by atoms with Gasteiger partial charge in [-0.15, -0.1) is 0 Å². The highest BCUT2D eigenvalue weighted by molar-refractivity contribution is 6.02. The molecule has 7 aromatic rings. The first-order chi connectivity index (χ1) is 66.9. The van der Waals surface area contributed by atoms with Crippen molar-refractivity contribution in [3.05, 3.63) is 168 Å². The largest absolute Gasteiger partial charge is 0.508 e. The smallest absolute Gasteiger partial charge is 0.245 e. The van der Waals surface area contributed by atoms with Crippen LogP contribution in [0.4, 0.5) is 0 Å². The number of H-pyrrole nitrogens is 2. The maximum Gasteiger partial charge on any atom is 0.245 e. The van der Waals surface area contributed by atoms with E-state index in [9.17, 15) is 68.1 Å². The Balaban J connectivity index is 1.16. The average molecular weight is 1960 g/mol. The predicted octanol–water partition coefficient (Wildman–Crippen LogP) is -2.97. The fraction of sp³-hybridized carbons (Fsp3) is 0.448. The van der Waals surface area contributed by atoms with Gasteiger partial charge in [0.2, 0.25) is 106 Å². The van der Waals surface area contributed by atoms with Crippen LogP contribution in [0.5, 0.6) is 11.5 Å². The van der Waals surface area contributed by atoms with E-state index in [2.05, 4.69) is 95.0 Å². The quantitative estimate of drug-likeness (QED) is 0.0103. The van der Waals surface area contributed by atoms with Gasteiger partial charge in [0.05, 0.1) is 13.0 Å². The number of aromatic amines is 2. The van der Waals surface area contributed by atoms with Crippen LogP contribution in [0.3, 0.4) is 0 Å². The number of rotatable bonds is 58. The number of aliphatic hydroxyl groups is 1. The molecule has 0 unspecified atom stereocenters. The summed E-state index contributed by atoms with van der Waals surface area (Å²) >= 11 is 0. The van der Waals surface area contributed by atoms with Gasteiger partial charge in [0.1, 0.15) is 102 Å². The Labute approximate surface area is 814 Å². The van der Waals surface area contributed by atoms with Crippen molar-refractivity contribution >= 4 is 134 Å². The van der Waals surface area contributed by atoms with Crippen LogP contribution in [-0.2, 0) is 118 Å². The summed E-state index contributed by atoms with van der Waals surface area (Å²) in [6.07, 6.45) is 0.928. The van der Waals surface area contributed by atoms with Crippen molar-refractivity contribution in [3.63, 3.8) is 0 Å². The lowest BCUT2D eigenvalue weighted by molar-refractivity contribution is -0.136. The third-order valence-corrected chi connectivity index (χ3v) is 23.2. The van der Waals surface area contributed by atoms with Crippen LogP contribution >= 0.6 is 0 Å². The minimum Gasteiger partial charge on any atom is -0.508 e. The van der Waals surface area contributed by atoms with Crippen LogP contribution in [0.1, 0.15) is 147 Å². The number of unbranched alkanes of at least 4 members (excludes halogenated alkanes) is 1. The third-order valence-electron chi connectivity index (χ3n) is 23.2. The van der Waals surface area contributed by atoms with Crippen LogP contribution in [0, 0.1) is 17.2 Å². The van der Waals surface area contributed by atoms with Crippen molar-refractivity contribution in [2.24, 2.45) is 40.5 Å². The van der Waals surface area contributed by atoms with E-state index < -0.39 is 229 Å². The molecule has 7 rings (SSSR count). The van der Waals surface area contributed by atoms with E-state index in [1.807, 2.05) is 0 Å². The number of guanidine groups is 1. The number of phenolic OH excluding ortho intramolecular Hbond substituents is 2. The SMILES string of the molecule is CC[C@H](C)[C@H](NC(=O)[C@H](Cc1c[nH]c2ccccc12)NC(=O)[C@H](Cc1ccccc1)NC(=O)[C@H](Cc1ccc(O)cc1)NC(=O)[C@H](CCC(N)=O)NC(=O)[C@H](CCCNC(=N)N)NC(C)=O)C(=O)N[C@@H](C)C(=O)N[C@@H](Cc1c[nH]c2ccccc12)C(=O)N[C@@H](Cc1ccc(O)cc1)C(=O)N[C@@H](CCCCN)C(=O)N[C@@H](CC(C)C)C(=O)N[C@@H](C)C(=O)N[C@@H](CC(N)=O)C(=O)N[C@@H](CO)C(=O)N[C@@H](C)C(N)=O. The van der Waals surface area contributed by atoms with Crippen molar-refractivity contribution in [1.82, 2.24) is 95.0 Å². The maximum atomic E-state index is 15.5. The molecule has 0 bridgehead atoms. The molecule has 45 nitrogen and oxygen atoms in total. The molecule has 0 radical (unpaired) electrons. The number of aliphatic hydroxyl groups excluding tert-OH is 1. The molecule has 0 saturated heterocycles. The zero-order valence-corrected chi connectivity index (χ0v) is 79.9. The van der Waals surface area contributed by atoms with E-state index in [0.29, 0.717) is 56.0 Å². The highest BCUT2D eigenvalue weighted by Crippen LogP contribution is 2.24. The van der Waals surface area contributed by atoms with E-state index in [-0.39, 0.29) is 107 Å². The Bertz CT molecular complexity index is 5520. The molecule has 0 fully saturated rings. The highest BCUT2D eigenvalue weighted by atomic mass is 16.3. The van der Waals surface area contributed by atoms with Crippen LogP contribution in [0.25, 0.3) is 21.8 Å². The zero-order valence-electron chi connectivity index (χ0n) is 79.9. The summed E-state index contributed by atoms with van der Waals surface area (Å²) in [4.78, 5) is 260. The molecule has 0 spiro atoms. The van der Waals surface area contributed by atoms with Crippen LogP contribution in [0.15, 0.2) is 140 Å². The molecular weight excluding hydrogens is 1830 g/mol. The minimum atomic E-state index is -1.79. The average Bonchev–Trinajstić information content (AvgIpc) is 1.70. The van der Waals surface area contributed by atoms with Gasteiger partial charge in [0.15, 0.2) is 5.96 Å². The number of hydrogen-bond donors (Lipinski definition) is 27. The summed E-state index contributed by atoms with van der Waals surface area (Å²) in [5, 5.41) is 80.9. The Morgan fingerprint density at radius 1 is 0.369 bits per heavy atom.